The van der Waals surface area contributed by atoms with Crippen LogP contribution < -0.4 is 10.5 Å². The van der Waals surface area contributed by atoms with E-state index in [9.17, 15) is 17.6 Å². The van der Waals surface area contributed by atoms with Crippen LogP contribution >= 0.6 is 0 Å². The molecule has 0 bridgehead atoms. The Morgan fingerprint density at radius 1 is 1.23 bits per heavy atom. The number of nitrogens with one attached hydrogen (secondary N) is 2. The van der Waals surface area contributed by atoms with Crippen LogP contribution in [-0.2, 0) is 10.0 Å². The zero-order chi connectivity index (χ0) is 22.1. The lowest BCUT2D eigenvalue weighted by Gasteiger charge is -2.25. The molecule has 2 aromatic carbocycles. The molecule has 0 spiro atoms. The van der Waals surface area contributed by atoms with E-state index in [-0.39, 0.29) is 22.0 Å². The fourth-order valence-electron chi connectivity index (χ4n) is 3.28. The molecule has 1 aromatic heterocycles. The van der Waals surface area contributed by atoms with E-state index >= 15 is 0 Å². The summed E-state index contributed by atoms with van der Waals surface area (Å²) in [5.41, 5.74) is 1.66. The molecule has 2 N–H and O–H groups in total. The molecular formula is C20H19FN4O4S. The van der Waals surface area contributed by atoms with Gasteiger partial charge in [0, 0.05) is 5.92 Å². The Bertz CT molecular complexity index is 1290. The van der Waals surface area contributed by atoms with Crippen molar-refractivity contribution in [2.24, 2.45) is 0 Å². The number of para-hydroxylation sites is 1. The van der Waals surface area contributed by atoms with E-state index in [0.717, 1.165) is 5.56 Å². The Hall–Kier alpha value is -3.29. The predicted molar refractivity (Wildman–Crippen MR) is 107 cm³/mol. The highest BCUT2D eigenvalue weighted by Gasteiger charge is 2.34. The van der Waals surface area contributed by atoms with Crippen LogP contribution in [0, 0.1) is 26.2 Å². The number of aromatic amines is 1. The van der Waals surface area contributed by atoms with Crippen LogP contribution in [0.3, 0.4) is 0 Å². The first kappa shape index (κ1) is 21.4. The molecule has 0 aliphatic heterocycles. The third-order valence-corrected chi connectivity index (χ3v) is 6.45. The monoisotopic (exact) mass is 430 g/mol. The number of H-pyrrole nitrogens is 1. The number of hydrogen-bond donors (Lipinski definition) is 2. The number of halogens is 1. The minimum atomic E-state index is -4.23. The fourth-order valence-corrected chi connectivity index (χ4v) is 4.69. The van der Waals surface area contributed by atoms with E-state index in [4.69, 9.17) is 11.0 Å². The van der Waals surface area contributed by atoms with Crippen LogP contribution in [0.4, 0.5) is 10.1 Å². The van der Waals surface area contributed by atoms with Gasteiger partial charge in [-0.1, -0.05) is 37.3 Å². The van der Waals surface area contributed by atoms with Crippen molar-refractivity contribution < 1.29 is 17.2 Å². The van der Waals surface area contributed by atoms with Crippen LogP contribution in [-0.4, -0.2) is 18.6 Å². The summed E-state index contributed by atoms with van der Waals surface area (Å²) in [6.07, 6.45) is 0. The molecule has 0 fully saturated rings. The number of aryl methyl sites for hydroxylation is 1. The highest BCUT2D eigenvalue weighted by atomic mass is 32.2. The Kier molecular flexibility index (Phi) is 5.87. The van der Waals surface area contributed by atoms with Gasteiger partial charge < -0.3 is 4.42 Å². The molecule has 2 atom stereocenters. The van der Waals surface area contributed by atoms with Crippen LogP contribution in [0.2, 0.25) is 0 Å². The van der Waals surface area contributed by atoms with E-state index in [1.807, 2.05) is 6.92 Å². The average Bonchev–Trinajstić information content (AvgIpc) is 3.15. The lowest BCUT2D eigenvalue weighted by Crippen LogP contribution is -2.33. The summed E-state index contributed by atoms with van der Waals surface area (Å²) in [6, 6.07) is 7.42. The van der Waals surface area contributed by atoms with Gasteiger partial charge in [-0.15, -0.1) is 5.10 Å². The van der Waals surface area contributed by atoms with E-state index in [1.165, 1.54) is 24.3 Å². The molecular weight excluding hydrogens is 411 g/mol. The second-order valence-corrected chi connectivity index (χ2v) is 8.50. The molecule has 0 aliphatic carbocycles. The number of benzene rings is 2. The van der Waals surface area contributed by atoms with Crippen molar-refractivity contribution in [1.29, 1.82) is 0 Å². The quantitative estimate of drug-likeness (QED) is 0.582. The summed E-state index contributed by atoms with van der Waals surface area (Å²) < 4.78 is 48.3. The Labute approximate surface area is 172 Å². The molecule has 0 unspecified atom stereocenters. The highest BCUT2D eigenvalue weighted by Crippen LogP contribution is 2.36. The van der Waals surface area contributed by atoms with E-state index in [2.05, 4.69) is 19.8 Å². The van der Waals surface area contributed by atoms with Crippen molar-refractivity contribution in [1.82, 2.24) is 14.9 Å². The molecule has 10 heteroatoms. The molecule has 156 valence electrons. The third kappa shape index (κ3) is 4.03. The second-order valence-electron chi connectivity index (χ2n) is 6.82. The second kappa shape index (κ2) is 8.22. The highest BCUT2D eigenvalue weighted by molar-refractivity contribution is 7.89. The summed E-state index contributed by atoms with van der Waals surface area (Å²) >= 11 is 0. The third-order valence-electron chi connectivity index (χ3n) is 4.97. The van der Waals surface area contributed by atoms with Crippen LogP contribution in [0.25, 0.3) is 4.85 Å². The van der Waals surface area contributed by atoms with Gasteiger partial charge in [-0.3, -0.25) is 0 Å². The first-order chi connectivity index (χ1) is 14.2. The summed E-state index contributed by atoms with van der Waals surface area (Å²) in [5, 5.41) is 5.85. The largest absolute Gasteiger partial charge is 0.434 e. The number of aromatic nitrogens is 2. The lowest BCUT2D eigenvalue weighted by atomic mass is 9.88. The molecule has 0 radical (unpaired) electrons. The van der Waals surface area contributed by atoms with Gasteiger partial charge in [-0.2, -0.15) is 4.72 Å². The van der Waals surface area contributed by atoms with Crippen molar-refractivity contribution in [3.05, 3.63) is 86.8 Å². The molecule has 0 aliphatic rings. The molecule has 0 amide bonds. The first-order valence-corrected chi connectivity index (χ1v) is 10.4. The van der Waals surface area contributed by atoms with Gasteiger partial charge in [0.05, 0.1) is 11.5 Å². The fraction of sp³-hybridized carbons (Fsp3) is 0.250. The summed E-state index contributed by atoms with van der Waals surface area (Å²) in [6.45, 7) is 12.4. The Balaban J connectivity index is 2.13. The van der Waals surface area contributed by atoms with Crippen molar-refractivity contribution >= 4 is 15.7 Å². The standard InChI is InChI=1S/C20H19FN4O4S/c1-11-9-10-14(21)17(12(11)2)13(3)18(19-23-24-20(26)29-19)25-30(27,28)16-8-6-5-7-15(16)22-4/h5-10,13,18,25H,1-3H3,(H,24,26)/t13-,18+/m1/s1. The van der Waals surface area contributed by atoms with Crippen molar-refractivity contribution in [2.75, 3.05) is 0 Å². The normalized spacial score (nSPS) is 13.6. The zero-order valence-corrected chi connectivity index (χ0v) is 17.2. The topological polar surface area (TPSA) is 109 Å². The van der Waals surface area contributed by atoms with Crippen LogP contribution in [0.15, 0.2) is 50.5 Å². The maximum absolute atomic E-state index is 14.7. The first-order valence-electron chi connectivity index (χ1n) is 8.95. The smallest absolute Gasteiger partial charge is 0.391 e. The van der Waals surface area contributed by atoms with E-state index in [1.54, 1.807) is 26.0 Å². The minimum absolute atomic E-state index is 0.0715. The summed E-state index contributed by atoms with van der Waals surface area (Å²) in [7, 11) is -4.23. The van der Waals surface area contributed by atoms with Crippen LogP contribution in [0.1, 0.15) is 41.5 Å². The van der Waals surface area contributed by atoms with Gasteiger partial charge in [0.15, 0.2) is 0 Å². The SMILES string of the molecule is [C-]#[N+]c1ccccc1S(=O)(=O)N[C@H](c1n[nH]c(=O)o1)[C@H](C)c1c(F)ccc(C)c1C. The maximum atomic E-state index is 14.7. The molecule has 3 aromatic rings. The van der Waals surface area contributed by atoms with Gasteiger partial charge in [0.2, 0.25) is 21.6 Å². The Morgan fingerprint density at radius 3 is 2.57 bits per heavy atom. The summed E-state index contributed by atoms with van der Waals surface area (Å²) in [5.74, 6) is -2.42. The Morgan fingerprint density at radius 2 is 1.93 bits per heavy atom. The predicted octanol–water partition coefficient (Wildman–Crippen LogP) is 3.49. The molecule has 1 heterocycles. The van der Waals surface area contributed by atoms with Gasteiger partial charge in [0.25, 0.3) is 0 Å². The average molecular weight is 430 g/mol. The zero-order valence-electron chi connectivity index (χ0n) is 16.4. The number of nitrogens with zero attached hydrogens (tertiary/aromatic N) is 2. The number of hydrogen-bond acceptors (Lipinski definition) is 5. The molecule has 0 saturated carbocycles. The van der Waals surface area contributed by atoms with E-state index < -0.39 is 33.6 Å². The van der Waals surface area contributed by atoms with Crippen LogP contribution in [0.5, 0.6) is 0 Å². The lowest BCUT2D eigenvalue weighted by molar-refractivity contribution is 0.377. The molecule has 3 rings (SSSR count). The number of rotatable bonds is 6. The maximum Gasteiger partial charge on any atom is 0.434 e. The van der Waals surface area contributed by atoms with Crippen molar-refractivity contribution in [2.45, 2.75) is 37.6 Å². The molecule has 8 nitrogen and oxygen atoms in total. The summed E-state index contributed by atoms with van der Waals surface area (Å²) in [4.78, 5) is 14.5. The van der Waals surface area contributed by atoms with Gasteiger partial charge in [-0.05, 0) is 36.6 Å². The number of sulfonamides is 1. The van der Waals surface area contributed by atoms with Gasteiger partial charge >= 0.3 is 5.76 Å². The van der Waals surface area contributed by atoms with Gasteiger partial charge in [0.1, 0.15) is 11.9 Å². The van der Waals surface area contributed by atoms with Gasteiger partial charge in [-0.25, -0.2) is 27.5 Å². The van der Waals surface area contributed by atoms with E-state index in [0.29, 0.717) is 5.56 Å². The molecule has 30 heavy (non-hydrogen) atoms. The molecule has 0 saturated heterocycles. The van der Waals surface area contributed by atoms with Crippen molar-refractivity contribution in [3.8, 4) is 0 Å². The van der Waals surface area contributed by atoms with Crippen molar-refractivity contribution in [3.63, 3.8) is 0 Å². The minimum Gasteiger partial charge on any atom is -0.391 e.